The van der Waals surface area contributed by atoms with E-state index in [0.717, 1.165) is 19.3 Å². The van der Waals surface area contributed by atoms with Crippen molar-refractivity contribution in [2.24, 2.45) is 9.98 Å². The number of nitrogens with zero attached hydrogens (tertiary/aromatic N) is 2. The highest BCUT2D eigenvalue weighted by Crippen LogP contribution is 2.04. The molecule has 2 heteroatoms. The van der Waals surface area contributed by atoms with Crippen molar-refractivity contribution in [2.75, 3.05) is 0 Å². The van der Waals surface area contributed by atoms with Gasteiger partial charge in [0, 0.05) is 29.9 Å². The molecule has 0 atom stereocenters. The summed E-state index contributed by atoms with van der Waals surface area (Å²) >= 11 is 0. The molecule has 0 fully saturated rings. The minimum absolute atomic E-state index is 0.400. The van der Waals surface area contributed by atoms with Gasteiger partial charge in [-0.05, 0) is 40.5 Å². The van der Waals surface area contributed by atoms with Gasteiger partial charge < -0.3 is 0 Å². The lowest BCUT2D eigenvalue weighted by Gasteiger charge is -2.09. The molecule has 0 rings (SSSR count). The molecule has 0 aliphatic carbocycles. The molecule has 0 bridgehead atoms. The van der Waals surface area contributed by atoms with Gasteiger partial charge in [0.2, 0.25) is 0 Å². The molecule has 0 amide bonds. The molecule has 0 aromatic heterocycles. The fraction of sp³-hybridized carbons (Fsp3) is 0.846. The highest BCUT2D eigenvalue weighted by molar-refractivity contribution is 6.04. The van der Waals surface area contributed by atoms with Crippen LogP contribution in [0.4, 0.5) is 0 Å². The van der Waals surface area contributed by atoms with E-state index in [0.29, 0.717) is 12.1 Å². The van der Waals surface area contributed by atoms with E-state index in [-0.39, 0.29) is 0 Å². The zero-order chi connectivity index (χ0) is 11.8. The highest BCUT2D eigenvalue weighted by atomic mass is 14.8. The predicted molar refractivity (Wildman–Crippen MR) is 70.3 cm³/mol. The van der Waals surface area contributed by atoms with Crippen LogP contribution in [-0.4, -0.2) is 23.5 Å². The van der Waals surface area contributed by atoms with Crippen molar-refractivity contribution in [3.8, 4) is 0 Å². The van der Waals surface area contributed by atoms with Gasteiger partial charge in [-0.15, -0.1) is 0 Å². The molecule has 0 aliphatic heterocycles. The Hall–Kier alpha value is -0.660. The Bertz CT molecular complexity index is 201. The highest BCUT2D eigenvalue weighted by Gasteiger charge is 2.04. The summed E-state index contributed by atoms with van der Waals surface area (Å²) in [4.78, 5) is 9.25. The summed E-state index contributed by atoms with van der Waals surface area (Å²) in [7, 11) is 0. The largest absolute Gasteiger partial charge is 0.291 e. The summed E-state index contributed by atoms with van der Waals surface area (Å²) in [6, 6.07) is 0.800. The van der Waals surface area contributed by atoms with Crippen LogP contribution in [-0.2, 0) is 0 Å². The molecule has 0 saturated carbocycles. The third kappa shape index (κ3) is 7.29. The monoisotopic (exact) mass is 210 g/mol. The second-order valence-electron chi connectivity index (χ2n) is 4.46. The van der Waals surface area contributed by atoms with Crippen LogP contribution in [0.2, 0.25) is 0 Å². The van der Waals surface area contributed by atoms with Crippen LogP contribution in [0.15, 0.2) is 9.98 Å². The van der Waals surface area contributed by atoms with Crippen molar-refractivity contribution in [3.05, 3.63) is 0 Å². The molecular weight excluding hydrogens is 184 g/mol. The third-order valence-electron chi connectivity index (χ3n) is 2.11. The molecule has 0 spiro atoms. The third-order valence-corrected chi connectivity index (χ3v) is 2.11. The van der Waals surface area contributed by atoms with E-state index < -0.39 is 0 Å². The van der Waals surface area contributed by atoms with E-state index in [4.69, 9.17) is 0 Å². The Balaban J connectivity index is 4.51. The van der Waals surface area contributed by atoms with Gasteiger partial charge in [0.15, 0.2) is 0 Å². The second kappa shape index (κ2) is 7.61. The molecule has 0 radical (unpaired) electrons. The van der Waals surface area contributed by atoms with Crippen molar-refractivity contribution in [1.82, 2.24) is 0 Å². The smallest absolute Gasteiger partial charge is 0.0442 e. The SMILES string of the molecule is CC/C(C/C(CC)=N/C(C)C)=N\C(C)C. The van der Waals surface area contributed by atoms with Crippen LogP contribution in [0.1, 0.15) is 60.8 Å². The van der Waals surface area contributed by atoms with Crippen molar-refractivity contribution in [3.63, 3.8) is 0 Å². The van der Waals surface area contributed by atoms with Crippen LogP contribution in [0, 0.1) is 0 Å². The van der Waals surface area contributed by atoms with Gasteiger partial charge in [-0.3, -0.25) is 9.98 Å². The summed E-state index contributed by atoms with van der Waals surface area (Å²) in [5, 5.41) is 0. The molecule has 0 aromatic rings. The minimum Gasteiger partial charge on any atom is -0.291 e. The minimum atomic E-state index is 0.400. The van der Waals surface area contributed by atoms with Crippen molar-refractivity contribution >= 4 is 11.4 Å². The van der Waals surface area contributed by atoms with Crippen molar-refractivity contribution < 1.29 is 0 Å². The second-order valence-corrected chi connectivity index (χ2v) is 4.46. The fourth-order valence-corrected chi connectivity index (χ4v) is 1.49. The molecule has 0 aliphatic rings. The Morgan fingerprint density at radius 3 is 1.33 bits per heavy atom. The van der Waals surface area contributed by atoms with E-state index in [2.05, 4.69) is 51.5 Å². The molecule has 15 heavy (non-hydrogen) atoms. The van der Waals surface area contributed by atoms with Gasteiger partial charge in [-0.2, -0.15) is 0 Å². The summed E-state index contributed by atoms with van der Waals surface area (Å²) in [5.74, 6) is 0. The van der Waals surface area contributed by atoms with Gasteiger partial charge in [0.1, 0.15) is 0 Å². The first kappa shape index (κ1) is 14.3. The summed E-state index contributed by atoms with van der Waals surface area (Å²) in [6.45, 7) is 12.8. The van der Waals surface area contributed by atoms with Crippen LogP contribution < -0.4 is 0 Å². The maximum Gasteiger partial charge on any atom is 0.0442 e. The van der Waals surface area contributed by atoms with Crippen molar-refractivity contribution in [2.45, 2.75) is 72.9 Å². The van der Waals surface area contributed by atoms with Crippen LogP contribution >= 0.6 is 0 Å². The lowest BCUT2D eigenvalue weighted by Crippen LogP contribution is -2.10. The number of hydrogen-bond donors (Lipinski definition) is 0. The number of aliphatic imine (C=N–C) groups is 2. The molecule has 0 N–H and O–H groups in total. The van der Waals surface area contributed by atoms with Crippen LogP contribution in [0.3, 0.4) is 0 Å². The van der Waals surface area contributed by atoms with Crippen LogP contribution in [0.25, 0.3) is 0 Å². The van der Waals surface area contributed by atoms with Crippen molar-refractivity contribution in [1.29, 1.82) is 0 Å². The zero-order valence-corrected chi connectivity index (χ0v) is 11.2. The molecule has 0 unspecified atom stereocenters. The predicted octanol–water partition coefficient (Wildman–Crippen LogP) is 3.90. The van der Waals surface area contributed by atoms with E-state index >= 15 is 0 Å². The normalized spacial score (nSPS) is 14.1. The Morgan fingerprint density at radius 2 is 1.13 bits per heavy atom. The number of hydrogen-bond acceptors (Lipinski definition) is 2. The maximum absolute atomic E-state index is 4.63. The zero-order valence-electron chi connectivity index (χ0n) is 11.2. The summed E-state index contributed by atoms with van der Waals surface area (Å²) < 4.78 is 0. The van der Waals surface area contributed by atoms with E-state index in [1.54, 1.807) is 0 Å². The van der Waals surface area contributed by atoms with Gasteiger partial charge in [-0.1, -0.05) is 13.8 Å². The van der Waals surface area contributed by atoms with Gasteiger partial charge in [0.25, 0.3) is 0 Å². The van der Waals surface area contributed by atoms with Gasteiger partial charge in [0.05, 0.1) is 0 Å². The maximum atomic E-state index is 4.63. The number of rotatable bonds is 6. The lowest BCUT2D eigenvalue weighted by molar-refractivity contribution is 0.818. The van der Waals surface area contributed by atoms with Gasteiger partial charge >= 0.3 is 0 Å². The standard InChI is InChI=1S/C13H26N2/c1-7-12(14-10(3)4)9-13(8-2)15-11(5)6/h10-11H,7-9H2,1-6H3/b14-12+,15-13+. The first-order valence-electron chi connectivity index (χ1n) is 6.10. The van der Waals surface area contributed by atoms with Crippen LogP contribution in [0.5, 0.6) is 0 Å². The van der Waals surface area contributed by atoms with Gasteiger partial charge in [-0.25, -0.2) is 0 Å². The Morgan fingerprint density at radius 1 is 0.800 bits per heavy atom. The Labute approximate surface area is 94.9 Å². The molecule has 0 heterocycles. The summed E-state index contributed by atoms with van der Waals surface area (Å²) in [6.07, 6.45) is 3.04. The lowest BCUT2D eigenvalue weighted by atomic mass is 10.1. The first-order chi connectivity index (χ1) is 6.99. The molecule has 0 aromatic carbocycles. The summed E-state index contributed by atoms with van der Waals surface area (Å²) in [5.41, 5.74) is 2.57. The molecule has 2 nitrogen and oxygen atoms in total. The fourth-order valence-electron chi connectivity index (χ4n) is 1.49. The molecule has 88 valence electrons. The molecular formula is C13H26N2. The topological polar surface area (TPSA) is 24.7 Å². The quantitative estimate of drug-likeness (QED) is 0.594. The van der Waals surface area contributed by atoms with E-state index in [9.17, 15) is 0 Å². The average molecular weight is 210 g/mol. The average Bonchev–Trinajstić information content (AvgIpc) is 2.14. The van der Waals surface area contributed by atoms with E-state index in [1.165, 1.54) is 11.4 Å². The Kier molecular flexibility index (Phi) is 7.27. The molecule has 0 saturated heterocycles. The van der Waals surface area contributed by atoms with E-state index in [1.807, 2.05) is 0 Å². The first-order valence-corrected chi connectivity index (χ1v) is 6.10.